The molecular weight excluding hydrogens is 403 g/mol. The van der Waals surface area contributed by atoms with Gasteiger partial charge in [0.05, 0.1) is 0 Å². The van der Waals surface area contributed by atoms with Crippen LogP contribution in [0.3, 0.4) is 0 Å². The zero-order valence-electron chi connectivity index (χ0n) is 14.7. The lowest BCUT2D eigenvalue weighted by atomic mass is 10.1. The Morgan fingerprint density at radius 1 is 1.17 bits per heavy atom. The molecule has 0 aliphatic carbocycles. The number of guanidine groups is 1. The molecular formula is C17H29IN4O. The molecule has 0 saturated heterocycles. The number of rotatable bonds is 6. The van der Waals surface area contributed by atoms with Crippen molar-refractivity contribution in [2.45, 2.75) is 26.8 Å². The molecule has 1 aromatic carbocycles. The SMILES string of the molecule is CN=C(NCCC(C)C)NCc1ccc(C(=O)N(C)C)cc1.I. The first-order valence-electron chi connectivity index (χ1n) is 7.69. The lowest BCUT2D eigenvalue weighted by molar-refractivity contribution is 0.0827. The average Bonchev–Trinajstić information content (AvgIpc) is 2.50. The van der Waals surface area contributed by atoms with Crippen molar-refractivity contribution in [1.29, 1.82) is 0 Å². The van der Waals surface area contributed by atoms with E-state index in [1.54, 1.807) is 26.0 Å². The molecule has 1 amide bonds. The number of hydrogen-bond donors (Lipinski definition) is 2. The summed E-state index contributed by atoms with van der Waals surface area (Å²) in [5.74, 6) is 1.49. The van der Waals surface area contributed by atoms with E-state index in [9.17, 15) is 4.79 Å². The summed E-state index contributed by atoms with van der Waals surface area (Å²) >= 11 is 0. The molecule has 0 unspecified atom stereocenters. The van der Waals surface area contributed by atoms with Crippen LogP contribution in [-0.2, 0) is 6.54 Å². The molecule has 23 heavy (non-hydrogen) atoms. The number of amides is 1. The second-order valence-corrected chi connectivity index (χ2v) is 5.93. The van der Waals surface area contributed by atoms with Crippen molar-refractivity contribution in [2.24, 2.45) is 10.9 Å². The van der Waals surface area contributed by atoms with Gasteiger partial charge in [0, 0.05) is 39.8 Å². The Labute approximate surface area is 157 Å². The highest BCUT2D eigenvalue weighted by Gasteiger charge is 2.07. The zero-order chi connectivity index (χ0) is 16.5. The van der Waals surface area contributed by atoms with Crippen molar-refractivity contribution in [3.8, 4) is 0 Å². The number of nitrogens with zero attached hydrogens (tertiary/aromatic N) is 2. The molecule has 0 aliphatic rings. The molecule has 6 heteroatoms. The van der Waals surface area contributed by atoms with Crippen molar-refractivity contribution >= 4 is 35.8 Å². The van der Waals surface area contributed by atoms with Gasteiger partial charge in [-0.15, -0.1) is 24.0 Å². The van der Waals surface area contributed by atoms with Crippen molar-refractivity contribution in [2.75, 3.05) is 27.7 Å². The van der Waals surface area contributed by atoms with E-state index in [1.807, 2.05) is 24.3 Å². The van der Waals surface area contributed by atoms with Crippen molar-refractivity contribution in [3.05, 3.63) is 35.4 Å². The second kappa shape index (κ2) is 11.3. The van der Waals surface area contributed by atoms with Crippen molar-refractivity contribution in [3.63, 3.8) is 0 Å². The van der Waals surface area contributed by atoms with E-state index in [2.05, 4.69) is 29.5 Å². The molecule has 0 saturated carbocycles. The molecule has 1 aromatic rings. The van der Waals surface area contributed by atoms with Crippen LogP contribution in [0, 0.1) is 5.92 Å². The zero-order valence-corrected chi connectivity index (χ0v) is 17.0. The van der Waals surface area contributed by atoms with Gasteiger partial charge in [0.15, 0.2) is 5.96 Å². The highest BCUT2D eigenvalue weighted by atomic mass is 127. The summed E-state index contributed by atoms with van der Waals surface area (Å²) in [5.41, 5.74) is 1.82. The molecule has 0 bridgehead atoms. The van der Waals surface area contributed by atoms with E-state index < -0.39 is 0 Å². The summed E-state index contributed by atoms with van der Waals surface area (Å²) in [7, 11) is 5.28. The minimum atomic E-state index is 0. The van der Waals surface area contributed by atoms with Gasteiger partial charge in [-0.3, -0.25) is 9.79 Å². The molecule has 0 fully saturated rings. The van der Waals surface area contributed by atoms with Crippen LogP contribution in [0.4, 0.5) is 0 Å². The first-order valence-corrected chi connectivity index (χ1v) is 7.69. The molecule has 0 atom stereocenters. The molecule has 0 aromatic heterocycles. The summed E-state index contributed by atoms with van der Waals surface area (Å²) in [5, 5.41) is 6.57. The molecule has 0 aliphatic heterocycles. The number of halogens is 1. The van der Waals surface area contributed by atoms with Gasteiger partial charge >= 0.3 is 0 Å². The Balaban J connectivity index is 0.00000484. The Morgan fingerprint density at radius 2 is 1.78 bits per heavy atom. The van der Waals surface area contributed by atoms with Crippen LogP contribution < -0.4 is 10.6 Å². The van der Waals surface area contributed by atoms with Gasteiger partial charge < -0.3 is 15.5 Å². The van der Waals surface area contributed by atoms with Crippen molar-refractivity contribution in [1.82, 2.24) is 15.5 Å². The maximum Gasteiger partial charge on any atom is 0.253 e. The van der Waals surface area contributed by atoms with Gasteiger partial charge in [-0.25, -0.2) is 0 Å². The van der Waals surface area contributed by atoms with E-state index >= 15 is 0 Å². The van der Waals surface area contributed by atoms with Crippen LogP contribution >= 0.6 is 24.0 Å². The third-order valence-electron chi connectivity index (χ3n) is 3.30. The lowest BCUT2D eigenvalue weighted by Crippen LogP contribution is -2.37. The van der Waals surface area contributed by atoms with E-state index in [0.29, 0.717) is 18.0 Å². The number of carbonyl (C=O) groups excluding carboxylic acids is 1. The second-order valence-electron chi connectivity index (χ2n) is 5.93. The number of carbonyl (C=O) groups is 1. The number of benzene rings is 1. The van der Waals surface area contributed by atoms with Gasteiger partial charge in [0.2, 0.25) is 0 Å². The summed E-state index contributed by atoms with van der Waals surface area (Å²) in [6.45, 7) is 5.99. The van der Waals surface area contributed by atoms with Crippen LogP contribution in [0.1, 0.15) is 36.2 Å². The predicted octanol–water partition coefficient (Wildman–Crippen LogP) is 2.72. The highest BCUT2D eigenvalue weighted by Crippen LogP contribution is 2.06. The monoisotopic (exact) mass is 432 g/mol. The normalized spacial score (nSPS) is 11.0. The minimum Gasteiger partial charge on any atom is -0.356 e. The molecule has 1 rings (SSSR count). The van der Waals surface area contributed by atoms with Crippen LogP contribution in [0.2, 0.25) is 0 Å². The maximum absolute atomic E-state index is 11.8. The molecule has 2 N–H and O–H groups in total. The molecule has 130 valence electrons. The van der Waals surface area contributed by atoms with Gasteiger partial charge in [-0.2, -0.15) is 0 Å². The molecule has 0 spiro atoms. The van der Waals surface area contributed by atoms with E-state index in [1.165, 1.54) is 0 Å². The quantitative estimate of drug-likeness (QED) is 0.413. The average molecular weight is 432 g/mol. The Morgan fingerprint density at radius 3 is 2.26 bits per heavy atom. The lowest BCUT2D eigenvalue weighted by Gasteiger charge is -2.13. The van der Waals surface area contributed by atoms with E-state index in [0.717, 1.165) is 24.5 Å². The molecule has 0 heterocycles. The largest absolute Gasteiger partial charge is 0.356 e. The van der Waals surface area contributed by atoms with Crippen LogP contribution in [0.5, 0.6) is 0 Å². The standard InChI is InChI=1S/C17H28N4O.HI/c1-13(2)10-11-19-17(18-3)20-12-14-6-8-15(9-7-14)16(22)21(4)5;/h6-9,13H,10-12H2,1-5H3,(H2,18,19,20);1H. The fourth-order valence-corrected chi connectivity index (χ4v) is 1.91. The third-order valence-corrected chi connectivity index (χ3v) is 3.30. The van der Waals surface area contributed by atoms with Crippen LogP contribution in [0.15, 0.2) is 29.3 Å². The van der Waals surface area contributed by atoms with Gasteiger partial charge in [0.25, 0.3) is 5.91 Å². The molecule has 5 nitrogen and oxygen atoms in total. The first kappa shape index (κ1) is 21.7. The Bertz CT molecular complexity index is 498. The summed E-state index contributed by atoms with van der Waals surface area (Å²) in [4.78, 5) is 17.6. The summed E-state index contributed by atoms with van der Waals surface area (Å²) in [6, 6.07) is 7.64. The third kappa shape index (κ3) is 8.20. The molecule has 0 radical (unpaired) electrons. The van der Waals surface area contributed by atoms with Crippen molar-refractivity contribution < 1.29 is 4.79 Å². The maximum atomic E-state index is 11.8. The highest BCUT2D eigenvalue weighted by molar-refractivity contribution is 14.0. The predicted molar refractivity (Wildman–Crippen MR) is 108 cm³/mol. The minimum absolute atomic E-state index is 0. The Kier molecular flexibility index (Phi) is 10.6. The van der Waals surface area contributed by atoms with Crippen LogP contribution in [-0.4, -0.2) is 44.5 Å². The van der Waals surface area contributed by atoms with Gasteiger partial charge in [-0.1, -0.05) is 26.0 Å². The number of aliphatic imine (C=N–C) groups is 1. The fraction of sp³-hybridized carbons (Fsp3) is 0.529. The van der Waals surface area contributed by atoms with E-state index in [-0.39, 0.29) is 29.9 Å². The smallest absolute Gasteiger partial charge is 0.253 e. The topological polar surface area (TPSA) is 56.7 Å². The summed E-state index contributed by atoms with van der Waals surface area (Å²) < 4.78 is 0. The number of hydrogen-bond acceptors (Lipinski definition) is 2. The summed E-state index contributed by atoms with van der Waals surface area (Å²) in [6.07, 6.45) is 1.11. The first-order chi connectivity index (χ1) is 10.4. The van der Waals surface area contributed by atoms with Gasteiger partial charge in [-0.05, 0) is 30.0 Å². The Hall–Kier alpha value is -1.31. The fourth-order valence-electron chi connectivity index (χ4n) is 1.91. The van der Waals surface area contributed by atoms with Gasteiger partial charge in [0.1, 0.15) is 0 Å². The van der Waals surface area contributed by atoms with Crippen LogP contribution in [0.25, 0.3) is 0 Å². The van der Waals surface area contributed by atoms with E-state index in [4.69, 9.17) is 0 Å². The number of nitrogens with one attached hydrogen (secondary N) is 2.